The molecule has 0 amide bonds. The molecule has 1 heterocycles. The molecule has 1 saturated heterocycles. The van der Waals surface area contributed by atoms with Crippen LogP contribution >= 0.6 is 0 Å². The largest absolute Gasteiger partial charge is 0.478 e. The summed E-state index contributed by atoms with van der Waals surface area (Å²) in [4.78, 5) is 22.6. The fourth-order valence-electron chi connectivity index (χ4n) is 2.22. The van der Waals surface area contributed by atoms with Crippen molar-refractivity contribution < 1.29 is 14.7 Å². The second kappa shape index (κ2) is 6.30. The summed E-state index contributed by atoms with van der Waals surface area (Å²) >= 11 is 0. The van der Waals surface area contributed by atoms with Gasteiger partial charge in [-0.25, -0.2) is 4.79 Å². The Balaban J connectivity index is 2.07. The predicted octanol–water partition coefficient (Wildman–Crippen LogP) is 2.12. The number of hydrogen-bond donors (Lipinski definition) is 2. The van der Waals surface area contributed by atoms with Gasteiger partial charge < -0.3 is 10.4 Å². The SMILES string of the molecule is C=C(C(=O)C1CCCN1)c1ccc(C=CC(=O)O)cc1. The van der Waals surface area contributed by atoms with Crippen molar-refractivity contribution in [3.63, 3.8) is 0 Å². The Hall–Kier alpha value is -2.20. The smallest absolute Gasteiger partial charge is 0.328 e. The van der Waals surface area contributed by atoms with Crippen LogP contribution in [0.15, 0.2) is 36.9 Å². The lowest BCUT2D eigenvalue weighted by atomic mass is 9.97. The van der Waals surface area contributed by atoms with Crippen LogP contribution in [-0.2, 0) is 9.59 Å². The molecule has 4 heteroatoms. The van der Waals surface area contributed by atoms with E-state index in [-0.39, 0.29) is 11.8 Å². The molecule has 0 radical (unpaired) electrons. The number of carboxylic acids is 1. The molecule has 1 unspecified atom stereocenters. The third-order valence-corrected chi connectivity index (χ3v) is 3.35. The molecule has 0 aromatic heterocycles. The fourth-order valence-corrected chi connectivity index (χ4v) is 2.22. The summed E-state index contributed by atoms with van der Waals surface area (Å²) in [7, 11) is 0. The molecule has 4 nitrogen and oxygen atoms in total. The maximum absolute atomic E-state index is 12.2. The highest BCUT2D eigenvalue weighted by atomic mass is 16.4. The summed E-state index contributed by atoms with van der Waals surface area (Å²) in [6.45, 7) is 4.75. The van der Waals surface area contributed by atoms with Crippen LogP contribution in [0, 0.1) is 0 Å². The first-order chi connectivity index (χ1) is 9.58. The zero-order valence-electron chi connectivity index (χ0n) is 11.1. The van der Waals surface area contributed by atoms with Crippen LogP contribution in [0.25, 0.3) is 11.6 Å². The lowest BCUT2D eigenvalue weighted by Gasteiger charge is -2.11. The van der Waals surface area contributed by atoms with Gasteiger partial charge in [-0.1, -0.05) is 30.8 Å². The Morgan fingerprint density at radius 1 is 1.30 bits per heavy atom. The number of ketones is 1. The van der Waals surface area contributed by atoms with Gasteiger partial charge in [-0.15, -0.1) is 0 Å². The van der Waals surface area contributed by atoms with Gasteiger partial charge in [0.25, 0.3) is 0 Å². The van der Waals surface area contributed by atoms with Crippen molar-refractivity contribution >= 4 is 23.4 Å². The molecule has 1 fully saturated rings. The van der Waals surface area contributed by atoms with E-state index in [0.29, 0.717) is 5.57 Å². The molecule has 2 rings (SSSR count). The van der Waals surface area contributed by atoms with E-state index in [1.54, 1.807) is 24.3 Å². The summed E-state index contributed by atoms with van der Waals surface area (Å²) in [5.41, 5.74) is 2.05. The van der Waals surface area contributed by atoms with Crippen molar-refractivity contribution in [1.29, 1.82) is 0 Å². The van der Waals surface area contributed by atoms with Gasteiger partial charge in [0.1, 0.15) is 0 Å². The maximum atomic E-state index is 12.2. The molecule has 104 valence electrons. The first-order valence-electron chi connectivity index (χ1n) is 6.56. The first kappa shape index (κ1) is 14.2. The molecule has 0 bridgehead atoms. The van der Waals surface area contributed by atoms with E-state index < -0.39 is 5.97 Å². The summed E-state index contributed by atoms with van der Waals surface area (Å²) in [5.74, 6) is -0.947. The topological polar surface area (TPSA) is 66.4 Å². The molecule has 0 spiro atoms. The van der Waals surface area contributed by atoms with Crippen LogP contribution in [0.3, 0.4) is 0 Å². The molecule has 2 N–H and O–H groups in total. The fraction of sp³-hybridized carbons (Fsp3) is 0.250. The Morgan fingerprint density at radius 3 is 2.55 bits per heavy atom. The molecular formula is C16H17NO3. The standard InChI is InChI=1S/C16H17NO3/c1-11(16(20)14-3-2-10-17-14)13-7-4-12(5-8-13)6-9-15(18)19/h4-9,14,17H,1-3,10H2,(H,18,19). The monoisotopic (exact) mass is 271 g/mol. The van der Waals surface area contributed by atoms with E-state index in [0.717, 1.165) is 36.6 Å². The van der Waals surface area contributed by atoms with E-state index >= 15 is 0 Å². The van der Waals surface area contributed by atoms with Crippen LogP contribution < -0.4 is 5.32 Å². The zero-order chi connectivity index (χ0) is 14.5. The van der Waals surface area contributed by atoms with Crippen LogP contribution in [-0.4, -0.2) is 29.4 Å². The second-order valence-electron chi connectivity index (χ2n) is 4.79. The number of benzene rings is 1. The maximum Gasteiger partial charge on any atom is 0.328 e. The van der Waals surface area contributed by atoms with Crippen molar-refractivity contribution in [2.45, 2.75) is 18.9 Å². The molecule has 0 saturated carbocycles. The Morgan fingerprint density at radius 2 is 2.00 bits per heavy atom. The second-order valence-corrected chi connectivity index (χ2v) is 4.79. The van der Waals surface area contributed by atoms with Crippen molar-refractivity contribution in [3.8, 4) is 0 Å². The normalized spacial score (nSPS) is 18.3. The summed E-state index contributed by atoms with van der Waals surface area (Å²) in [5, 5.41) is 11.7. The third kappa shape index (κ3) is 3.42. The number of carbonyl (C=O) groups is 2. The zero-order valence-corrected chi connectivity index (χ0v) is 11.1. The lowest BCUT2D eigenvalue weighted by molar-refractivity contribution is -0.131. The van der Waals surface area contributed by atoms with E-state index in [9.17, 15) is 9.59 Å². The molecule has 1 aromatic rings. The summed E-state index contributed by atoms with van der Waals surface area (Å²) in [6.07, 6.45) is 4.46. The predicted molar refractivity (Wildman–Crippen MR) is 78.2 cm³/mol. The molecule has 1 aliphatic rings. The number of nitrogens with one attached hydrogen (secondary N) is 1. The van der Waals surface area contributed by atoms with Gasteiger partial charge in [-0.05, 0) is 36.6 Å². The minimum atomic E-state index is -0.985. The van der Waals surface area contributed by atoms with Gasteiger partial charge in [-0.3, -0.25) is 4.79 Å². The van der Waals surface area contributed by atoms with Crippen molar-refractivity contribution in [3.05, 3.63) is 48.0 Å². The minimum Gasteiger partial charge on any atom is -0.478 e. The van der Waals surface area contributed by atoms with Crippen molar-refractivity contribution in [2.24, 2.45) is 0 Å². The van der Waals surface area contributed by atoms with Gasteiger partial charge >= 0.3 is 5.97 Å². The highest BCUT2D eigenvalue weighted by molar-refractivity contribution is 6.22. The van der Waals surface area contributed by atoms with Crippen LogP contribution in [0.1, 0.15) is 24.0 Å². The number of carboxylic acid groups (broad SMARTS) is 1. The average molecular weight is 271 g/mol. The first-order valence-corrected chi connectivity index (χ1v) is 6.56. The van der Waals surface area contributed by atoms with Crippen LogP contribution in [0.2, 0.25) is 0 Å². The Bertz CT molecular complexity index is 552. The van der Waals surface area contributed by atoms with E-state index in [2.05, 4.69) is 11.9 Å². The number of rotatable bonds is 5. The van der Waals surface area contributed by atoms with Crippen LogP contribution in [0.5, 0.6) is 0 Å². The summed E-state index contributed by atoms with van der Waals surface area (Å²) in [6, 6.07) is 7.01. The van der Waals surface area contributed by atoms with Crippen molar-refractivity contribution in [2.75, 3.05) is 6.54 Å². The number of carbonyl (C=O) groups excluding carboxylic acids is 1. The average Bonchev–Trinajstić information content (AvgIpc) is 2.98. The van der Waals surface area contributed by atoms with Gasteiger partial charge in [0, 0.05) is 11.6 Å². The minimum absolute atomic E-state index is 0.0383. The molecule has 20 heavy (non-hydrogen) atoms. The Kier molecular flexibility index (Phi) is 4.48. The summed E-state index contributed by atoms with van der Waals surface area (Å²) < 4.78 is 0. The molecular weight excluding hydrogens is 254 g/mol. The highest BCUT2D eigenvalue weighted by Crippen LogP contribution is 2.19. The van der Waals surface area contributed by atoms with Gasteiger partial charge in [0.05, 0.1) is 6.04 Å². The molecule has 0 aliphatic carbocycles. The molecule has 1 aliphatic heterocycles. The van der Waals surface area contributed by atoms with E-state index in [1.807, 2.05) is 0 Å². The van der Waals surface area contributed by atoms with Gasteiger partial charge in [0.15, 0.2) is 5.78 Å². The van der Waals surface area contributed by atoms with E-state index in [1.165, 1.54) is 6.08 Å². The number of Topliss-reactive ketones (excluding diaryl/α,β-unsaturated/α-hetero) is 1. The van der Waals surface area contributed by atoms with Crippen molar-refractivity contribution in [1.82, 2.24) is 5.32 Å². The van der Waals surface area contributed by atoms with Gasteiger partial charge in [-0.2, -0.15) is 0 Å². The van der Waals surface area contributed by atoms with E-state index in [4.69, 9.17) is 5.11 Å². The highest BCUT2D eigenvalue weighted by Gasteiger charge is 2.24. The molecule has 1 atom stereocenters. The molecule has 1 aromatic carbocycles. The van der Waals surface area contributed by atoms with Gasteiger partial charge in [0.2, 0.25) is 0 Å². The quantitative estimate of drug-likeness (QED) is 0.805. The lowest BCUT2D eigenvalue weighted by Crippen LogP contribution is -2.31. The third-order valence-electron chi connectivity index (χ3n) is 3.35. The Labute approximate surface area is 117 Å². The number of aliphatic carboxylic acids is 1. The van der Waals surface area contributed by atoms with Crippen LogP contribution in [0.4, 0.5) is 0 Å². The number of hydrogen-bond acceptors (Lipinski definition) is 3.